The molecule has 0 unspecified atom stereocenters. The Morgan fingerprint density at radius 2 is 2.05 bits per heavy atom. The van der Waals surface area contributed by atoms with Crippen molar-refractivity contribution in [2.24, 2.45) is 0 Å². The maximum absolute atomic E-state index is 13.6. The van der Waals surface area contributed by atoms with Crippen LogP contribution in [0.15, 0.2) is 16.6 Å². The minimum atomic E-state index is -0.275. The molecule has 0 aliphatic rings. The number of hydrogen-bond donors (Lipinski definition) is 1. The number of fused-ring (bicyclic) bond motifs is 1. The van der Waals surface area contributed by atoms with Crippen LogP contribution in [0.25, 0.3) is 11.0 Å². The van der Waals surface area contributed by atoms with Crippen LogP contribution in [0.2, 0.25) is 0 Å². The molecule has 2 rings (SSSR count). The molecule has 0 aliphatic heterocycles. The Morgan fingerprint density at radius 1 is 1.40 bits per heavy atom. The lowest BCUT2D eigenvalue weighted by Gasteiger charge is -2.30. The summed E-state index contributed by atoms with van der Waals surface area (Å²) in [5.41, 5.74) is 1.70. The normalized spacial score (nSPS) is 12.2. The summed E-state index contributed by atoms with van der Waals surface area (Å²) < 4.78 is 17.0. The van der Waals surface area contributed by atoms with Crippen LogP contribution in [0.3, 0.4) is 0 Å². The Bertz CT molecular complexity index is 665. The maximum Gasteiger partial charge on any atom is 0.178 e. The van der Waals surface area contributed by atoms with E-state index in [1.165, 1.54) is 6.07 Å². The third kappa shape index (κ3) is 2.83. The largest absolute Gasteiger partial charge is 0.330 e. The highest BCUT2D eigenvalue weighted by Gasteiger charge is 2.26. The van der Waals surface area contributed by atoms with E-state index in [0.717, 1.165) is 30.4 Å². The van der Waals surface area contributed by atoms with Gasteiger partial charge in [0.05, 0.1) is 15.5 Å². The minimum Gasteiger partial charge on any atom is -0.330 e. The highest BCUT2D eigenvalue weighted by Crippen LogP contribution is 2.34. The van der Waals surface area contributed by atoms with Gasteiger partial charge in [-0.05, 0) is 53.3 Å². The van der Waals surface area contributed by atoms with Crippen LogP contribution >= 0.6 is 39.9 Å². The van der Waals surface area contributed by atoms with Crippen molar-refractivity contribution in [3.05, 3.63) is 27.2 Å². The molecule has 0 saturated heterocycles. The lowest BCUT2D eigenvalue weighted by atomic mass is 10.0. The van der Waals surface area contributed by atoms with Crippen LogP contribution in [-0.2, 0) is 6.54 Å². The van der Waals surface area contributed by atoms with Crippen LogP contribution in [0.5, 0.6) is 0 Å². The Labute approximate surface area is 136 Å². The number of nitrogens with zero attached hydrogens (tertiary/aromatic N) is 1. The second-order valence-electron chi connectivity index (χ2n) is 4.89. The minimum absolute atomic E-state index is 0.161. The van der Waals surface area contributed by atoms with Crippen molar-refractivity contribution in [3.63, 3.8) is 0 Å². The fraction of sp³-hybridized carbons (Fsp3) is 0.500. The molecule has 20 heavy (non-hydrogen) atoms. The van der Waals surface area contributed by atoms with E-state index in [2.05, 4.69) is 45.6 Å². The van der Waals surface area contributed by atoms with E-state index < -0.39 is 0 Å². The van der Waals surface area contributed by atoms with Gasteiger partial charge >= 0.3 is 0 Å². The van der Waals surface area contributed by atoms with Gasteiger partial charge in [0.25, 0.3) is 0 Å². The van der Waals surface area contributed by atoms with Crippen molar-refractivity contribution < 1.29 is 4.39 Å². The zero-order valence-electron chi connectivity index (χ0n) is 11.8. The number of aromatic amines is 1. The molecule has 1 N–H and O–H groups in total. The second-order valence-corrected chi connectivity index (χ2v) is 7.41. The van der Waals surface area contributed by atoms with Gasteiger partial charge in [-0.2, -0.15) is 11.8 Å². The molecule has 0 aliphatic carbocycles. The molecule has 2 nitrogen and oxygen atoms in total. The standard InChI is InChI=1S/C14H18BrFN2S2/c1-4-14(5-2,20-3)8-18-12-6-9(15)10(16)7-11(12)17-13(18)19/h6-7H,4-5,8H2,1-3H3,(H,17,19). The van der Waals surface area contributed by atoms with Gasteiger partial charge in [-0.15, -0.1) is 0 Å². The van der Waals surface area contributed by atoms with E-state index in [-0.39, 0.29) is 10.6 Å². The highest BCUT2D eigenvalue weighted by molar-refractivity contribution is 9.10. The number of rotatable bonds is 5. The zero-order chi connectivity index (χ0) is 14.9. The number of thioether (sulfide) groups is 1. The van der Waals surface area contributed by atoms with Gasteiger partial charge in [0, 0.05) is 17.4 Å². The Morgan fingerprint density at radius 3 is 2.60 bits per heavy atom. The fourth-order valence-corrected chi connectivity index (χ4v) is 3.86. The van der Waals surface area contributed by atoms with E-state index in [4.69, 9.17) is 12.2 Å². The van der Waals surface area contributed by atoms with Gasteiger partial charge in [0.2, 0.25) is 0 Å². The predicted octanol–water partition coefficient (Wildman–Crippen LogP) is 5.52. The van der Waals surface area contributed by atoms with Crippen LogP contribution in [0, 0.1) is 10.6 Å². The topological polar surface area (TPSA) is 20.7 Å². The van der Waals surface area contributed by atoms with Crippen molar-refractivity contribution in [1.82, 2.24) is 9.55 Å². The number of halogens is 2. The average Bonchev–Trinajstić information content (AvgIpc) is 2.72. The molecule has 2 aromatic rings. The molecule has 0 amide bonds. The van der Waals surface area contributed by atoms with Gasteiger partial charge in [-0.3, -0.25) is 0 Å². The van der Waals surface area contributed by atoms with Crippen molar-refractivity contribution in [2.45, 2.75) is 38.0 Å². The molecule has 1 aromatic heterocycles. The van der Waals surface area contributed by atoms with Crippen LogP contribution < -0.4 is 0 Å². The molecule has 6 heteroatoms. The summed E-state index contributed by atoms with van der Waals surface area (Å²) in [4.78, 5) is 3.10. The molecular weight excluding hydrogens is 359 g/mol. The molecule has 0 fully saturated rings. The number of nitrogens with one attached hydrogen (secondary N) is 1. The SMILES string of the molecule is CCC(CC)(Cn1c(=S)[nH]c2cc(F)c(Br)cc21)SC. The van der Waals surface area contributed by atoms with Crippen LogP contribution in [-0.4, -0.2) is 20.6 Å². The molecule has 1 aromatic carbocycles. The van der Waals surface area contributed by atoms with Crippen molar-refractivity contribution in [2.75, 3.05) is 6.26 Å². The lowest BCUT2D eigenvalue weighted by molar-refractivity contribution is 0.470. The number of H-pyrrole nitrogens is 1. The summed E-state index contributed by atoms with van der Waals surface area (Å²) in [5.74, 6) is -0.275. The molecule has 1 heterocycles. The summed E-state index contributed by atoms with van der Waals surface area (Å²) in [7, 11) is 0. The Balaban J connectivity index is 2.57. The first kappa shape index (κ1) is 16.0. The van der Waals surface area contributed by atoms with Gasteiger partial charge in [-0.25, -0.2) is 4.39 Å². The molecule has 0 radical (unpaired) electrons. The molecule has 0 atom stereocenters. The summed E-state index contributed by atoms with van der Waals surface area (Å²) in [5, 5.41) is 0. The quantitative estimate of drug-likeness (QED) is 0.693. The molecule has 0 spiro atoms. The van der Waals surface area contributed by atoms with Crippen molar-refractivity contribution in [1.29, 1.82) is 0 Å². The second kappa shape index (κ2) is 6.20. The number of aromatic nitrogens is 2. The Kier molecular flexibility index (Phi) is 4.97. The molecular formula is C14H18BrFN2S2. The zero-order valence-corrected chi connectivity index (χ0v) is 15.0. The van der Waals surface area contributed by atoms with Crippen molar-refractivity contribution >= 4 is 50.9 Å². The monoisotopic (exact) mass is 376 g/mol. The first-order chi connectivity index (χ1) is 9.46. The summed E-state index contributed by atoms with van der Waals surface area (Å²) in [6, 6.07) is 3.29. The number of benzene rings is 1. The highest BCUT2D eigenvalue weighted by atomic mass is 79.9. The summed E-state index contributed by atoms with van der Waals surface area (Å²) in [6.45, 7) is 5.24. The van der Waals surface area contributed by atoms with E-state index in [1.54, 1.807) is 6.07 Å². The first-order valence-corrected chi connectivity index (χ1v) is 9.01. The lowest BCUT2D eigenvalue weighted by Crippen LogP contribution is -2.29. The third-order valence-electron chi connectivity index (χ3n) is 3.98. The molecule has 110 valence electrons. The maximum atomic E-state index is 13.6. The smallest absolute Gasteiger partial charge is 0.178 e. The number of hydrogen-bond acceptors (Lipinski definition) is 2. The first-order valence-electron chi connectivity index (χ1n) is 6.59. The van der Waals surface area contributed by atoms with Crippen molar-refractivity contribution in [3.8, 4) is 0 Å². The average molecular weight is 377 g/mol. The van der Waals surface area contributed by atoms with Gasteiger partial charge < -0.3 is 9.55 Å². The van der Waals surface area contributed by atoms with E-state index >= 15 is 0 Å². The predicted molar refractivity (Wildman–Crippen MR) is 91.6 cm³/mol. The van der Waals surface area contributed by atoms with Crippen LogP contribution in [0.4, 0.5) is 4.39 Å². The fourth-order valence-electron chi connectivity index (χ4n) is 2.42. The van der Waals surface area contributed by atoms with Gasteiger partial charge in [-0.1, -0.05) is 13.8 Å². The number of imidazole rings is 1. The third-order valence-corrected chi connectivity index (χ3v) is 6.49. The van der Waals surface area contributed by atoms with Gasteiger partial charge in [0.15, 0.2) is 4.77 Å². The molecule has 0 saturated carbocycles. The van der Waals surface area contributed by atoms with E-state index in [0.29, 0.717) is 9.24 Å². The Hall–Kier alpha value is -0.330. The van der Waals surface area contributed by atoms with E-state index in [9.17, 15) is 4.39 Å². The van der Waals surface area contributed by atoms with Crippen LogP contribution in [0.1, 0.15) is 26.7 Å². The summed E-state index contributed by atoms with van der Waals surface area (Å²) in [6.07, 6.45) is 4.28. The van der Waals surface area contributed by atoms with Gasteiger partial charge in [0.1, 0.15) is 5.82 Å². The van der Waals surface area contributed by atoms with E-state index in [1.807, 2.05) is 11.8 Å². The molecule has 0 bridgehead atoms. The summed E-state index contributed by atoms with van der Waals surface area (Å²) >= 11 is 10.5.